The van der Waals surface area contributed by atoms with Gasteiger partial charge in [0.05, 0.1) is 11.8 Å². The van der Waals surface area contributed by atoms with E-state index in [9.17, 15) is 9.59 Å². The number of rotatable bonds is 2. The van der Waals surface area contributed by atoms with Crippen LogP contribution in [0, 0.1) is 35.5 Å². The zero-order chi connectivity index (χ0) is 16.9. The van der Waals surface area contributed by atoms with Crippen molar-refractivity contribution in [3.8, 4) is 0 Å². The van der Waals surface area contributed by atoms with Crippen molar-refractivity contribution in [3.05, 3.63) is 0 Å². The molecule has 0 heterocycles. The van der Waals surface area contributed by atoms with Crippen LogP contribution in [-0.4, -0.2) is 22.2 Å². The second-order valence-corrected chi connectivity index (χ2v) is 7.91. The fourth-order valence-electron chi connectivity index (χ4n) is 4.30. The summed E-state index contributed by atoms with van der Waals surface area (Å²) in [5.41, 5.74) is 0. The highest BCUT2D eigenvalue weighted by atomic mass is 16.4. The van der Waals surface area contributed by atoms with Crippen molar-refractivity contribution in [1.82, 2.24) is 0 Å². The summed E-state index contributed by atoms with van der Waals surface area (Å²) >= 11 is 0. The molecule has 4 heteroatoms. The van der Waals surface area contributed by atoms with Crippen LogP contribution in [0.25, 0.3) is 0 Å². The van der Waals surface area contributed by atoms with Gasteiger partial charge in [-0.25, -0.2) is 0 Å². The third-order valence-electron chi connectivity index (χ3n) is 5.06. The molecule has 2 rings (SSSR count). The molecule has 0 bridgehead atoms. The van der Waals surface area contributed by atoms with Crippen molar-refractivity contribution in [2.75, 3.05) is 0 Å². The van der Waals surface area contributed by atoms with Gasteiger partial charge in [0, 0.05) is 0 Å². The molecule has 0 aromatic carbocycles. The van der Waals surface area contributed by atoms with Crippen LogP contribution in [0.2, 0.25) is 0 Å². The summed E-state index contributed by atoms with van der Waals surface area (Å²) in [5.74, 6) is 1.02. The molecule has 0 radical (unpaired) electrons. The van der Waals surface area contributed by atoms with Crippen molar-refractivity contribution in [2.24, 2.45) is 35.5 Å². The molecule has 0 saturated heterocycles. The highest BCUT2D eigenvalue weighted by Crippen LogP contribution is 2.33. The van der Waals surface area contributed by atoms with Gasteiger partial charge in [-0.3, -0.25) is 9.59 Å². The van der Waals surface area contributed by atoms with Gasteiger partial charge in [0.15, 0.2) is 0 Å². The molecule has 2 unspecified atom stereocenters. The van der Waals surface area contributed by atoms with Crippen LogP contribution in [0.1, 0.15) is 66.2 Å². The Balaban J connectivity index is 0.000000220. The first-order valence-corrected chi connectivity index (χ1v) is 8.64. The maximum Gasteiger partial charge on any atom is 0.306 e. The van der Waals surface area contributed by atoms with Crippen LogP contribution in [0.4, 0.5) is 0 Å². The average Bonchev–Trinajstić information content (AvgIpc) is 2.37. The van der Waals surface area contributed by atoms with E-state index in [2.05, 4.69) is 27.7 Å². The standard InChI is InChI=1S/2C9H16O2/c2*1-6-3-7(2)5-8(4-6)9(10)11/h2*6-8H,3-5H2,1-2H3,(H,10,11)/t2*6-,7+,8?. The van der Waals surface area contributed by atoms with Crippen LogP contribution < -0.4 is 0 Å². The first-order chi connectivity index (χ1) is 10.2. The van der Waals surface area contributed by atoms with E-state index in [1.165, 1.54) is 12.8 Å². The molecule has 22 heavy (non-hydrogen) atoms. The summed E-state index contributed by atoms with van der Waals surface area (Å²) in [6, 6.07) is 0. The van der Waals surface area contributed by atoms with Crippen molar-refractivity contribution in [3.63, 3.8) is 0 Å². The lowest BCUT2D eigenvalue weighted by Gasteiger charge is -2.28. The van der Waals surface area contributed by atoms with Crippen LogP contribution in [-0.2, 0) is 9.59 Å². The third-order valence-corrected chi connectivity index (χ3v) is 5.06. The van der Waals surface area contributed by atoms with Crippen LogP contribution in [0.15, 0.2) is 0 Å². The monoisotopic (exact) mass is 312 g/mol. The Morgan fingerprint density at radius 3 is 1.00 bits per heavy atom. The van der Waals surface area contributed by atoms with E-state index in [1.807, 2.05) is 0 Å². The molecule has 2 saturated carbocycles. The smallest absolute Gasteiger partial charge is 0.306 e. The quantitative estimate of drug-likeness (QED) is 0.797. The number of hydrogen-bond donors (Lipinski definition) is 2. The zero-order valence-corrected chi connectivity index (χ0v) is 14.4. The van der Waals surface area contributed by atoms with Gasteiger partial charge in [0.25, 0.3) is 0 Å². The molecule has 2 aliphatic rings. The molecule has 4 nitrogen and oxygen atoms in total. The summed E-state index contributed by atoms with van der Waals surface area (Å²) in [5, 5.41) is 17.5. The lowest BCUT2D eigenvalue weighted by molar-refractivity contribution is -0.144. The van der Waals surface area contributed by atoms with Gasteiger partial charge in [-0.1, -0.05) is 27.7 Å². The van der Waals surface area contributed by atoms with E-state index < -0.39 is 11.9 Å². The van der Waals surface area contributed by atoms with Gasteiger partial charge in [-0.2, -0.15) is 0 Å². The lowest BCUT2D eigenvalue weighted by atomic mass is 9.77. The average molecular weight is 312 g/mol. The van der Waals surface area contributed by atoms with E-state index in [0.717, 1.165) is 25.7 Å². The normalized spacial score (nSPS) is 38.5. The minimum Gasteiger partial charge on any atom is -0.481 e. The van der Waals surface area contributed by atoms with E-state index in [-0.39, 0.29) is 11.8 Å². The van der Waals surface area contributed by atoms with Crippen LogP contribution in [0.5, 0.6) is 0 Å². The van der Waals surface area contributed by atoms with Gasteiger partial charge < -0.3 is 10.2 Å². The summed E-state index contributed by atoms with van der Waals surface area (Å²) in [7, 11) is 0. The van der Waals surface area contributed by atoms with Gasteiger partial charge in [-0.15, -0.1) is 0 Å². The van der Waals surface area contributed by atoms with E-state index in [0.29, 0.717) is 23.7 Å². The van der Waals surface area contributed by atoms with E-state index >= 15 is 0 Å². The molecule has 0 amide bonds. The number of aliphatic carboxylic acids is 2. The van der Waals surface area contributed by atoms with Crippen molar-refractivity contribution >= 4 is 11.9 Å². The van der Waals surface area contributed by atoms with Gasteiger partial charge in [0.2, 0.25) is 0 Å². The topological polar surface area (TPSA) is 74.6 Å². The largest absolute Gasteiger partial charge is 0.481 e. The molecule has 2 N–H and O–H groups in total. The Bertz CT molecular complexity index is 323. The Kier molecular flexibility index (Phi) is 7.37. The summed E-state index contributed by atoms with van der Waals surface area (Å²) in [6.45, 7) is 8.58. The second kappa shape index (κ2) is 8.54. The molecule has 0 aliphatic heterocycles. The van der Waals surface area contributed by atoms with Gasteiger partial charge in [-0.05, 0) is 62.2 Å². The maximum atomic E-state index is 10.6. The van der Waals surface area contributed by atoms with Gasteiger partial charge in [0.1, 0.15) is 0 Å². The van der Waals surface area contributed by atoms with Gasteiger partial charge >= 0.3 is 11.9 Å². The predicted molar refractivity (Wildman–Crippen MR) is 86.6 cm³/mol. The Morgan fingerprint density at radius 1 is 0.591 bits per heavy atom. The van der Waals surface area contributed by atoms with E-state index in [4.69, 9.17) is 10.2 Å². The second-order valence-electron chi connectivity index (χ2n) is 7.91. The molecule has 0 spiro atoms. The number of carboxylic acid groups (broad SMARTS) is 2. The van der Waals surface area contributed by atoms with Crippen molar-refractivity contribution in [2.45, 2.75) is 66.2 Å². The predicted octanol–water partition coefficient (Wildman–Crippen LogP) is 4.29. The lowest BCUT2D eigenvalue weighted by Crippen LogP contribution is -2.25. The third kappa shape index (κ3) is 6.37. The first-order valence-electron chi connectivity index (χ1n) is 8.64. The summed E-state index contributed by atoms with van der Waals surface area (Å²) in [4.78, 5) is 21.3. The minimum absolute atomic E-state index is 0.0752. The molecule has 0 aromatic heterocycles. The molecular formula is C18H32O4. The molecule has 2 aliphatic carbocycles. The Labute approximate surface area is 134 Å². The summed E-state index contributed by atoms with van der Waals surface area (Å²) < 4.78 is 0. The fourth-order valence-corrected chi connectivity index (χ4v) is 4.30. The summed E-state index contributed by atoms with van der Waals surface area (Å²) in [6.07, 6.45) is 5.90. The minimum atomic E-state index is -0.608. The highest BCUT2D eigenvalue weighted by Gasteiger charge is 2.29. The van der Waals surface area contributed by atoms with Crippen molar-refractivity contribution in [1.29, 1.82) is 0 Å². The molecule has 0 aromatic rings. The molecular weight excluding hydrogens is 280 g/mol. The SMILES string of the molecule is C[C@@H]1CC(C(=O)O)C[C@H](C)C1.C[C@@H]1CC(C(=O)O)C[C@H](C)C1. The Hall–Kier alpha value is -1.06. The fraction of sp³-hybridized carbons (Fsp3) is 0.889. The zero-order valence-electron chi connectivity index (χ0n) is 14.4. The van der Waals surface area contributed by atoms with Crippen LogP contribution >= 0.6 is 0 Å². The Morgan fingerprint density at radius 2 is 0.818 bits per heavy atom. The number of hydrogen-bond acceptors (Lipinski definition) is 2. The van der Waals surface area contributed by atoms with Crippen LogP contribution in [0.3, 0.4) is 0 Å². The van der Waals surface area contributed by atoms with Crippen molar-refractivity contribution < 1.29 is 19.8 Å². The maximum absolute atomic E-state index is 10.6. The number of carbonyl (C=O) groups is 2. The molecule has 2 fully saturated rings. The molecule has 128 valence electrons. The highest BCUT2D eigenvalue weighted by molar-refractivity contribution is 5.70. The molecule has 6 atom stereocenters. The van der Waals surface area contributed by atoms with E-state index in [1.54, 1.807) is 0 Å². The first kappa shape index (κ1) is 19.0. The number of carboxylic acids is 2.